The lowest BCUT2D eigenvalue weighted by Gasteiger charge is -2.03. The second-order valence-corrected chi connectivity index (χ2v) is 6.63. The van der Waals surface area contributed by atoms with Crippen molar-refractivity contribution < 1.29 is 8.42 Å². The van der Waals surface area contributed by atoms with E-state index in [1.807, 2.05) is 6.07 Å². The molecule has 0 spiro atoms. The van der Waals surface area contributed by atoms with E-state index in [1.165, 1.54) is 16.8 Å². The number of aromatic nitrogens is 2. The van der Waals surface area contributed by atoms with E-state index < -0.39 is 10.0 Å². The molecule has 0 aromatic carbocycles. The van der Waals surface area contributed by atoms with Gasteiger partial charge in [0.25, 0.3) is 10.0 Å². The number of aryl methyl sites for hydroxylation is 2. The Morgan fingerprint density at radius 3 is 2.72 bits per heavy atom. The summed E-state index contributed by atoms with van der Waals surface area (Å²) in [6.45, 7) is 1.72. The minimum absolute atomic E-state index is 0.113. The van der Waals surface area contributed by atoms with Gasteiger partial charge in [0.1, 0.15) is 15.2 Å². The third-order valence-electron chi connectivity index (χ3n) is 2.21. The standard InChI is InChI=1S/C10H10N4O2S2/c1-7-9(6-14(2)12-7)13-18(15,16)10-4-3-8(5-11)17-10/h3-4,6,13H,1-2H3. The van der Waals surface area contributed by atoms with Crippen LogP contribution in [0.5, 0.6) is 0 Å². The number of nitrogens with zero attached hydrogens (tertiary/aromatic N) is 3. The van der Waals surface area contributed by atoms with Gasteiger partial charge in [-0.1, -0.05) is 0 Å². The molecule has 0 aliphatic carbocycles. The summed E-state index contributed by atoms with van der Waals surface area (Å²) < 4.78 is 28.2. The summed E-state index contributed by atoms with van der Waals surface area (Å²) in [5.74, 6) is 0. The molecule has 0 amide bonds. The third-order valence-corrected chi connectivity index (χ3v) is 5.06. The van der Waals surface area contributed by atoms with E-state index in [9.17, 15) is 8.42 Å². The van der Waals surface area contributed by atoms with E-state index in [0.717, 1.165) is 11.3 Å². The van der Waals surface area contributed by atoms with Gasteiger partial charge in [-0.3, -0.25) is 9.40 Å². The average Bonchev–Trinajstić information content (AvgIpc) is 2.86. The van der Waals surface area contributed by atoms with E-state index in [4.69, 9.17) is 5.26 Å². The van der Waals surface area contributed by atoms with E-state index >= 15 is 0 Å². The predicted molar refractivity (Wildman–Crippen MR) is 67.8 cm³/mol. The molecular formula is C10H10N4O2S2. The summed E-state index contributed by atoms with van der Waals surface area (Å²) in [4.78, 5) is 0.360. The lowest BCUT2D eigenvalue weighted by Crippen LogP contribution is -2.11. The monoisotopic (exact) mass is 282 g/mol. The van der Waals surface area contributed by atoms with Crippen molar-refractivity contribution in [2.45, 2.75) is 11.1 Å². The number of hydrogen-bond donors (Lipinski definition) is 1. The molecule has 0 saturated heterocycles. The molecule has 0 saturated carbocycles. The predicted octanol–water partition coefficient (Wildman–Crippen LogP) is 1.46. The number of nitrogens with one attached hydrogen (secondary N) is 1. The molecular weight excluding hydrogens is 272 g/mol. The molecule has 0 unspecified atom stereocenters. The van der Waals surface area contributed by atoms with Crippen molar-refractivity contribution in [3.05, 3.63) is 28.9 Å². The Hall–Kier alpha value is -1.85. The van der Waals surface area contributed by atoms with Gasteiger partial charge in [0, 0.05) is 13.2 Å². The summed E-state index contributed by atoms with van der Waals surface area (Å²) in [5, 5.41) is 12.7. The van der Waals surface area contributed by atoms with E-state index in [1.54, 1.807) is 20.2 Å². The zero-order chi connectivity index (χ0) is 13.3. The van der Waals surface area contributed by atoms with Crippen LogP contribution < -0.4 is 4.72 Å². The van der Waals surface area contributed by atoms with Gasteiger partial charge < -0.3 is 0 Å². The van der Waals surface area contributed by atoms with Gasteiger partial charge in [-0.25, -0.2) is 8.42 Å². The highest BCUT2D eigenvalue weighted by atomic mass is 32.2. The van der Waals surface area contributed by atoms with Crippen LogP contribution in [-0.2, 0) is 17.1 Å². The molecule has 94 valence electrons. The van der Waals surface area contributed by atoms with Gasteiger partial charge >= 0.3 is 0 Å². The summed E-state index contributed by atoms with van der Waals surface area (Å²) in [6.07, 6.45) is 1.59. The van der Waals surface area contributed by atoms with Gasteiger partial charge in [-0.2, -0.15) is 10.4 Å². The fourth-order valence-electron chi connectivity index (χ4n) is 1.42. The highest BCUT2D eigenvalue weighted by Gasteiger charge is 2.18. The molecule has 2 heterocycles. The Morgan fingerprint density at radius 1 is 1.50 bits per heavy atom. The van der Waals surface area contributed by atoms with Gasteiger partial charge in [0.2, 0.25) is 0 Å². The van der Waals surface area contributed by atoms with Crippen LogP contribution in [0.1, 0.15) is 10.6 Å². The van der Waals surface area contributed by atoms with E-state index in [0.29, 0.717) is 16.3 Å². The number of thiophene rings is 1. The molecule has 6 nitrogen and oxygen atoms in total. The molecule has 1 N–H and O–H groups in total. The summed E-state index contributed by atoms with van der Waals surface area (Å²) >= 11 is 0.933. The molecule has 18 heavy (non-hydrogen) atoms. The van der Waals surface area contributed by atoms with Crippen LogP contribution in [0.3, 0.4) is 0 Å². The maximum atomic E-state index is 12.0. The van der Waals surface area contributed by atoms with Gasteiger partial charge in [-0.05, 0) is 19.1 Å². The first kappa shape index (κ1) is 12.6. The summed E-state index contributed by atoms with van der Waals surface area (Å²) in [6, 6.07) is 4.80. The highest BCUT2D eigenvalue weighted by molar-refractivity contribution is 7.94. The second-order valence-electron chi connectivity index (χ2n) is 3.64. The quantitative estimate of drug-likeness (QED) is 0.923. The SMILES string of the molecule is Cc1nn(C)cc1NS(=O)(=O)c1ccc(C#N)s1. The fraction of sp³-hybridized carbons (Fsp3) is 0.200. The number of rotatable bonds is 3. The smallest absolute Gasteiger partial charge is 0.271 e. The lowest BCUT2D eigenvalue weighted by molar-refractivity contribution is 0.603. The Balaban J connectivity index is 2.33. The van der Waals surface area contributed by atoms with Crippen molar-refractivity contribution in [1.29, 1.82) is 5.26 Å². The topological polar surface area (TPSA) is 87.8 Å². The molecule has 0 aliphatic heterocycles. The molecule has 2 rings (SSSR count). The Morgan fingerprint density at radius 2 is 2.22 bits per heavy atom. The first-order valence-corrected chi connectivity index (χ1v) is 7.25. The molecule has 2 aromatic rings. The Labute approximate surface area is 109 Å². The molecule has 0 aliphatic rings. The average molecular weight is 282 g/mol. The van der Waals surface area contributed by atoms with Crippen molar-refractivity contribution in [2.24, 2.45) is 7.05 Å². The molecule has 0 radical (unpaired) electrons. The number of hydrogen-bond acceptors (Lipinski definition) is 5. The maximum Gasteiger partial charge on any atom is 0.271 e. The number of nitriles is 1. The zero-order valence-electron chi connectivity index (χ0n) is 9.71. The van der Waals surface area contributed by atoms with Gasteiger partial charge in [0.15, 0.2) is 0 Å². The van der Waals surface area contributed by atoms with Crippen LogP contribution in [0, 0.1) is 18.3 Å². The normalized spacial score (nSPS) is 11.2. The minimum Gasteiger partial charge on any atom is -0.275 e. The Bertz CT molecular complexity index is 721. The minimum atomic E-state index is -3.65. The zero-order valence-corrected chi connectivity index (χ0v) is 11.3. The Kier molecular flexibility index (Phi) is 3.11. The summed E-state index contributed by atoms with van der Waals surface area (Å²) in [7, 11) is -1.94. The van der Waals surface area contributed by atoms with Crippen molar-refractivity contribution >= 4 is 27.0 Å². The molecule has 0 fully saturated rings. The van der Waals surface area contributed by atoms with Crippen molar-refractivity contribution in [3.63, 3.8) is 0 Å². The summed E-state index contributed by atoms with van der Waals surface area (Å²) in [5.41, 5.74) is 1.03. The van der Waals surface area contributed by atoms with Crippen LogP contribution in [0.25, 0.3) is 0 Å². The van der Waals surface area contributed by atoms with Crippen molar-refractivity contribution in [2.75, 3.05) is 4.72 Å². The maximum absolute atomic E-state index is 12.0. The molecule has 0 atom stereocenters. The van der Waals surface area contributed by atoms with Gasteiger partial charge in [0.05, 0.1) is 11.4 Å². The van der Waals surface area contributed by atoms with Crippen LogP contribution in [0.2, 0.25) is 0 Å². The van der Waals surface area contributed by atoms with E-state index in [-0.39, 0.29) is 4.21 Å². The van der Waals surface area contributed by atoms with E-state index in [2.05, 4.69) is 9.82 Å². The van der Waals surface area contributed by atoms with Crippen molar-refractivity contribution in [3.8, 4) is 6.07 Å². The van der Waals surface area contributed by atoms with Crippen molar-refractivity contribution in [1.82, 2.24) is 9.78 Å². The molecule has 0 bridgehead atoms. The lowest BCUT2D eigenvalue weighted by atomic mass is 10.4. The third kappa shape index (κ3) is 2.37. The molecule has 2 aromatic heterocycles. The van der Waals surface area contributed by atoms with Crippen LogP contribution in [0.15, 0.2) is 22.5 Å². The number of anilines is 1. The van der Waals surface area contributed by atoms with Crippen LogP contribution in [0.4, 0.5) is 5.69 Å². The van der Waals surface area contributed by atoms with Gasteiger partial charge in [-0.15, -0.1) is 11.3 Å². The first-order valence-electron chi connectivity index (χ1n) is 4.95. The number of sulfonamides is 1. The first-order chi connectivity index (χ1) is 8.42. The largest absolute Gasteiger partial charge is 0.275 e. The highest BCUT2D eigenvalue weighted by Crippen LogP contribution is 2.24. The van der Waals surface area contributed by atoms with Crippen LogP contribution >= 0.6 is 11.3 Å². The van der Waals surface area contributed by atoms with Crippen LogP contribution in [-0.4, -0.2) is 18.2 Å². The fourth-order valence-corrected chi connectivity index (χ4v) is 3.62. The molecule has 8 heteroatoms. The second kappa shape index (κ2) is 4.44.